The fraction of sp³-hybridized carbons (Fsp3) is 0.231. The summed E-state index contributed by atoms with van der Waals surface area (Å²) in [5, 5.41) is 10.9. The molecule has 10 nitrogen and oxygen atoms in total. The molecule has 0 atom stereocenters. The van der Waals surface area contributed by atoms with E-state index in [1.54, 1.807) is 44.8 Å². The smallest absolute Gasteiger partial charge is 0.255 e. The molecule has 0 bridgehead atoms. The number of hydrogen-bond acceptors (Lipinski definition) is 6. The number of allylic oxidation sites excluding steroid dienone is 2. The number of aromatic nitrogens is 6. The number of aryl methyl sites for hydroxylation is 1. The van der Waals surface area contributed by atoms with Gasteiger partial charge in [-0.2, -0.15) is 5.10 Å². The number of hydrogen-bond donors (Lipinski definition) is 3. The molecule has 184 valence electrons. The van der Waals surface area contributed by atoms with Gasteiger partial charge in [-0.25, -0.2) is 9.97 Å². The summed E-state index contributed by atoms with van der Waals surface area (Å²) in [4.78, 5) is 43.0. The second-order valence-corrected chi connectivity index (χ2v) is 8.87. The van der Waals surface area contributed by atoms with Gasteiger partial charge in [0.2, 0.25) is 5.91 Å². The molecule has 2 amide bonds. The first-order valence-corrected chi connectivity index (χ1v) is 11.4. The Labute approximate surface area is 208 Å². The van der Waals surface area contributed by atoms with Crippen molar-refractivity contribution < 1.29 is 9.59 Å². The Kier molecular flexibility index (Phi) is 6.77. The van der Waals surface area contributed by atoms with Crippen molar-refractivity contribution in [1.29, 1.82) is 0 Å². The van der Waals surface area contributed by atoms with Gasteiger partial charge in [0, 0.05) is 49.2 Å². The quantitative estimate of drug-likeness (QED) is 0.269. The molecule has 4 rings (SSSR count). The van der Waals surface area contributed by atoms with Crippen LogP contribution in [0.2, 0.25) is 0 Å². The average molecular weight is 485 g/mol. The van der Waals surface area contributed by atoms with Crippen molar-refractivity contribution in [1.82, 2.24) is 35.0 Å². The zero-order valence-electron chi connectivity index (χ0n) is 20.9. The summed E-state index contributed by atoms with van der Waals surface area (Å²) in [6.45, 7) is 9.25. The molecule has 0 aliphatic carbocycles. The Morgan fingerprint density at radius 1 is 1.14 bits per heavy atom. The van der Waals surface area contributed by atoms with Crippen molar-refractivity contribution in [3.05, 3.63) is 60.8 Å². The van der Waals surface area contributed by atoms with Crippen LogP contribution in [0.1, 0.15) is 25.2 Å². The first kappa shape index (κ1) is 24.5. The number of fused-ring (bicyclic) bond motifs is 1. The van der Waals surface area contributed by atoms with Crippen molar-refractivity contribution in [2.75, 3.05) is 19.4 Å². The molecule has 0 fully saturated rings. The van der Waals surface area contributed by atoms with Crippen LogP contribution in [0.3, 0.4) is 0 Å². The van der Waals surface area contributed by atoms with Gasteiger partial charge in [-0.05, 0) is 25.1 Å². The van der Waals surface area contributed by atoms with E-state index in [-0.39, 0.29) is 17.7 Å². The lowest BCUT2D eigenvalue weighted by molar-refractivity contribution is -0.122. The fourth-order valence-corrected chi connectivity index (χ4v) is 3.64. The molecule has 0 aromatic carbocycles. The van der Waals surface area contributed by atoms with E-state index in [9.17, 15) is 9.59 Å². The zero-order valence-corrected chi connectivity index (χ0v) is 20.9. The van der Waals surface area contributed by atoms with Gasteiger partial charge >= 0.3 is 0 Å². The van der Waals surface area contributed by atoms with E-state index in [4.69, 9.17) is 4.98 Å². The lowest BCUT2D eigenvalue weighted by atomic mass is 10.1. The van der Waals surface area contributed by atoms with Crippen LogP contribution in [-0.4, -0.2) is 60.9 Å². The minimum absolute atomic E-state index is 0.0822. The van der Waals surface area contributed by atoms with E-state index in [1.807, 2.05) is 32.9 Å². The Morgan fingerprint density at radius 2 is 1.89 bits per heavy atom. The Balaban J connectivity index is 1.74. The molecule has 0 unspecified atom stereocenters. The van der Waals surface area contributed by atoms with Gasteiger partial charge in [0.25, 0.3) is 5.91 Å². The molecule has 0 spiro atoms. The molecular weight excluding hydrogens is 456 g/mol. The molecule has 10 heteroatoms. The number of anilines is 1. The maximum absolute atomic E-state index is 12.7. The summed E-state index contributed by atoms with van der Waals surface area (Å²) in [5.41, 5.74) is 5.07. The summed E-state index contributed by atoms with van der Waals surface area (Å²) >= 11 is 0. The normalized spacial score (nSPS) is 11.7. The number of pyridine rings is 2. The first-order chi connectivity index (χ1) is 17.2. The molecule has 4 heterocycles. The summed E-state index contributed by atoms with van der Waals surface area (Å²) in [6, 6.07) is 3.79. The number of rotatable bonds is 7. The third kappa shape index (κ3) is 4.78. The number of carbonyl (C=O) groups is 2. The van der Waals surface area contributed by atoms with Gasteiger partial charge in [0.15, 0.2) is 11.5 Å². The van der Waals surface area contributed by atoms with Crippen LogP contribution >= 0.6 is 0 Å². The second kappa shape index (κ2) is 9.95. The predicted molar refractivity (Wildman–Crippen MR) is 140 cm³/mol. The molecule has 0 saturated carbocycles. The van der Waals surface area contributed by atoms with Crippen LogP contribution in [0.15, 0.2) is 49.5 Å². The summed E-state index contributed by atoms with van der Waals surface area (Å²) in [7, 11) is 3.38. The van der Waals surface area contributed by atoms with E-state index < -0.39 is 0 Å². The van der Waals surface area contributed by atoms with Gasteiger partial charge in [0.1, 0.15) is 5.69 Å². The van der Waals surface area contributed by atoms with E-state index in [1.165, 1.54) is 4.90 Å². The van der Waals surface area contributed by atoms with Gasteiger partial charge < -0.3 is 15.2 Å². The molecule has 36 heavy (non-hydrogen) atoms. The van der Waals surface area contributed by atoms with Crippen molar-refractivity contribution in [3.63, 3.8) is 0 Å². The number of imidazole rings is 1. The fourth-order valence-electron chi connectivity index (χ4n) is 3.64. The van der Waals surface area contributed by atoms with Gasteiger partial charge in [0.05, 0.1) is 28.5 Å². The highest BCUT2D eigenvalue weighted by Crippen LogP contribution is 2.30. The van der Waals surface area contributed by atoms with Crippen molar-refractivity contribution >= 4 is 34.1 Å². The summed E-state index contributed by atoms with van der Waals surface area (Å²) in [5.74, 6) is 0.130. The minimum Gasteiger partial charge on any atom is -0.345 e. The SMILES string of the molecule is C=C/C=C(/C(=O)N(C)C)c1nc(-c2[nH]nc3ncc(-c4cncc(NC(=O)C(C)C)c4)cc23)[nH]c1C. The summed E-state index contributed by atoms with van der Waals surface area (Å²) < 4.78 is 0. The van der Waals surface area contributed by atoms with E-state index in [0.29, 0.717) is 34.1 Å². The maximum atomic E-state index is 12.7. The van der Waals surface area contributed by atoms with Crippen LogP contribution in [0.5, 0.6) is 0 Å². The highest BCUT2D eigenvalue weighted by Gasteiger charge is 2.21. The van der Waals surface area contributed by atoms with Crippen LogP contribution in [0.25, 0.3) is 39.3 Å². The van der Waals surface area contributed by atoms with Gasteiger partial charge in [-0.3, -0.25) is 19.7 Å². The molecule has 0 aliphatic heterocycles. The maximum Gasteiger partial charge on any atom is 0.255 e. The minimum atomic E-state index is -0.175. The number of aromatic amines is 2. The van der Waals surface area contributed by atoms with Crippen LogP contribution in [0, 0.1) is 12.8 Å². The third-order valence-electron chi connectivity index (χ3n) is 5.57. The standard InChI is InChI=1S/C26H28N8O2/c1-7-8-19(26(36)34(5)6)21-15(4)29-24(31-21)22-20-10-17(12-28-23(20)33-32-22)16-9-18(13-27-11-16)30-25(35)14(2)3/h7-14H,1H2,2-6H3,(H,29,31)(H,30,35)(H,28,32,33)/b19-8+. The molecule has 0 aliphatic rings. The van der Waals surface area contributed by atoms with Crippen LogP contribution in [0.4, 0.5) is 5.69 Å². The zero-order chi connectivity index (χ0) is 26.0. The first-order valence-electron chi connectivity index (χ1n) is 11.4. The number of carbonyl (C=O) groups excluding carboxylic acids is 2. The highest BCUT2D eigenvalue weighted by atomic mass is 16.2. The number of nitrogens with one attached hydrogen (secondary N) is 3. The van der Waals surface area contributed by atoms with E-state index in [0.717, 1.165) is 22.2 Å². The average Bonchev–Trinajstić information content (AvgIpc) is 3.44. The molecule has 0 saturated heterocycles. The number of likely N-dealkylation sites (N-methyl/N-ethyl adjacent to an activating group) is 1. The number of nitrogens with zero attached hydrogens (tertiary/aromatic N) is 5. The molecule has 3 N–H and O–H groups in total. The number of H-pyrrole nitrogens is 2. The Bertz CT molecular complexity index is 1490. The Hall–Kier alpha value is -4.60. The van der Waals surface area contributed by atoms with Crippen molar-refractivity contribution in [2.24, 2.45) is 5.92 Å². The topological polar surface area (TPSA) is 133 Å². The monoisotopic (exact) mass is 484 g/mol. The number of amides is 2. The molecule has 0 radical (unpaired) electrons. The van der Waals surface area contributed by atoms with E-state index >= 15 is 0 Å². The van der Waals surface area contributed by atoms with Crippen LogP contribution < -0.4 is 5.32 Å². The van der Waals surface area contributed by atoms with Crippen molar-refractivity contribution in [2.45, 2.75) is 20.8 Å². The lowest BCUT2D eigenvalue weighted by Crippen LogP contribution is -2.23. The van der Waals surface area contributed by atoms with Gasteiger partial charge in [-0.15, -0.1) is 0 Å². The van der Waals surface area contributed by atoms with Crippen molar-refractivity contribution in [3.8, 4) is 22.6 Å². The van der Waals surface area contributed by atoms with Gasteiger partial charge in [-0.1, -0.05) is 26.5 Å². The molecular formula is C26H28N8O2. The predicted octanol–water partition coefficient (Wildman–Crippen LogP) is 3.97. The summed E-state index contributed by atoms with van der Waals surface area (Å²) in [6.07, 6.45) is 8.24. The molecule has 4 aromatic rings. The third-order valence-corrected chi connectivity index (χ3v) is 5.57. The Morgan fingerprint density at radius 3 is 2.58 bits per heavy atom. The highest BCUT2D eigenvalue weighted by molar-refractivity contribution is 6.19. The second-order valence-electron chi connectivity index (χ2n) is 8.87. The van der Waals surface area contributed by atoms with Crippen LogP contribution in [-0.2, 0) is 9.59 Å². The lowest BCUT2D eigenvalue weighted by Gasteiger charge is -2.12. The largest absolute Gasteiger partial charge is 0.345 e. The molecule has 4 aromatic heterocycles. The van der Waals surface area contributed by atoms with E-state index in [2.05, 4.69) is 37.0 Å².